The molecular formula is C17H19ClN2. The third-order valence-corrected chi connectivity index (χ3v) is 4.30. The SMILES string of the molecule is CC(NC1CC(N)c2ccccc21)c1cccc(Cl)c1. The Balaban J connectivity index is 1.79. The summed E-state index contributed by atoms with van der Waals surface area (Å²) in [6.07, 6.45) is 0.949. The summed E-state index contributed by atoms with van der Waals surface area (Å²) in [7, 11) is 0. The Morgan fingerprint density at radius 3 is 2.65 bits per heavy atom. The summed E-state index contributed by atoms with van der Waals surface area (Å²) in [5.74, 6) is 0. The maximum absolute atomic E-state index is 6.21. The Labute approximate surface area is 125 Å². The highest BCUT2D eigenvalue weighted by Crippen LogP contribution is 2.38. The summed E-state index contributed by atoms with van der Waals surface area (Å²) in [5.41, 5.74) is 10.0. The van der Waals surface area contributed by atoms with Crippen LogP contribution in [0.3, 0.4) is 0 Å². The van der Waals surface area contributed by atoms with Gasteiger partial charge in [-0.15, -0.1) is 0 Å². The van der Waals surface area contributed by atoms with Gasteiger partial charge < -0.3 is 11.1 Å². The van der Waals surface area contributed by atoms with E-state index in [1.165, 1.54) is 16.7 Å². The molecule has 0 spiro atoms. The third-order valence-electron chi connectivity index (χ3n) is 4.06. The highest BCUT2D eigenvalue weighted by Gasteiger charge is 2.28. The monoisotopic (exact) mass is 286 g/mol. The van der Waals surface area contributed by atoms with Crippen molar-refractivity contribution in [2.24, 2.45) is 5.73 Å². The molecule has 20 heavy (non-hydrogen) atoms. The van der Waals surface area contributed by atoms with E-state index in [4.69, 9.17) is 17.3 Å². The molecule has 3 atom stereocenters. The molecule has 3 heteroatoms. The van der Waals surface area contributed by atoms with E-state index in [9.17, 15) is 0 Å². The minimum atomic E-state index is 0.135. The Kier molecular flexibility index (Phi) is 3.79. The normalized spacial score (nSPS) is 22.6. The van der Waals surface area contributed by atoms with Crippen LogP contribution in [0.4, 0.5) is 0 Å². The van der Waals surface area contributed by atoms with E-state index in [1.54, 1.807) is 0 Å². The minimum Gasteiger partial charge on any atom is -0.324 e. The fourth-order valence-corrected chi connectivity index (χ4v) is 3.20. The zero-order valence-electron chi connectivity index (χ0n) is 11.5. The van der Waals surface area contributed by atoms with Gasteiger partial charge in [-0.25, -0.2) is 0 Å². The van der Waals surface area contributed by atoms with Gasteiger partial charge in [0, 0.05) is 23.1 Å². The van der Waals surface area contributed by atoms with Crippen LogP contribution in [0.15, 0.2) is 48.5 Å². The van der Waals surface area contributed by atoms with E-state index < -0.39 is 0 Å². The molecule has 0 fully saturated rings. The number of hydrogen-bond donors (Lipinski definition) is 2. The van der Waals surface area contributed by atoms with Crippen LogP contribution in [0.25, 0.3) is 0 Å². The van der Waals surface area contributed by atoms with Gasteiger partial charge in [0.25, 0.3) is 0 Å². The molecule has 3 N–H and O–H groups in total. The van der Waals surface area contributed by atoms with Crippen molar-refractivity contribution in [1.82, 2.24) is 5.32 Å². The first kappa shape index (κ1) is 13.6. The highest BCUT2D eigenvalue weighted by molar-refractivity contribution is 6.30. The summed E-state index contributed by atoms with van der Waals surface area (Å²) in [6, 6.07) is 17.1. The van der Waals surface area contributed by atoms with E-state index in [0.717, 1.165) is 11.4 Å². The van der Waals surface area contributed by atoms with E-state index in [-0.39, 0.29) is 12.1 Å². The molecule has 0 amide bonds. The lowest BCUT2D eigenvalue weighted by Crippen LogP contribution is -2.23. The van der Waals surface area contributed by atoms with Crippen LogP contribution >= 0.6 is 11.6 Å². The first-order valence-corrected chi connectivity index (χ1v) is 7.39. The lowest BCUT2D eigenvalue weighted by molar-refractivity contribution is 0.446. The van der Waals surface area contributed by atoms with E-state index in [2.05, 4.69) is 42.6 Å². The van der Waals surface area contributed by atoms with Gasteiger partial charge in [0.05, 0.1) is 0 Å². The van der Waals surface area contributed by atoms with Gasteiger partial charge in [-0.3, -0.25) is 0 Å². The van der Waals surface area contributed by atoms with Crippen LogP contribution in [0, 0.1) is 0 Å². The number of benzene rings is 2. The van der Waals surface area contributed by atoms with Gasteiger partial charge in [-0.05, 0) is 42.2 Å². The second kappa shape index (κ2) is 5.57. The first-order chi connectivity index (χ1) is 9.65. The largest absolute Gasteiger partial charge is 0.324 e. The van der Waals surface area contributed by atoms with E-state index in [1.807, 2.05) is 18.2 Å². The van der Waals surface area contributed by atoms with Crippen molar-refractivity contribution in [2.45, 2.75) is 31.5 Å². The van der Waals surface area contributed by atoms with Crippen LogP contribution < -0.4 is 11.1 Å². The molecule has 104 valence electrons. The third kappa shape index (κ3) is 2.59. The van der Waals surface area contributed by atoms with Crippen LogP contribution in [0.1, 0.15) is 48.2 Å². The van der Waals surface area contributed by atoms with Crippen LogP contribution in [0.2, 0.25) is 5.02 Å². The first-order valence-electron chi connectivity index (χ1n) is 7.01. The average molecular weight is 287 g/mol. The summed E-state index contributed by atoms with van der Waals surface area (Å²) in [5, 5.41) is 4.45. The zero-order chi connectivity index (χ0) is 14.1. The molecule has 2 nitrogen and oxygen atoms in total. The smallest absolute Gasteiger partial charge is 0.0409 e. The standard InChI is InChI=1S/C17H19ClN2/c1-11(12-5-4-6-13(18)9-12)20-17-10-16(19)14-7-2-3-8-15(14)17/h2-9,11,16-17,20H,10,19H2,1H3. The number of hydrogen-bond acceptors (Lipinski definition) is 2. The number of halogens is 1. The van der Waals surface area contributed by atoms with E-state index in [0.29, 0.717) is 6.04 Å². The molecule has 0 aliphatic heterocycles. The van der Waals surface area contributed by atoms with Crippen LogP contribution in [0.5, 0.6) is 0 Å². The second-order valence-corrected chi connectivity index (χ2v) is 5.90. The van der Waals surface area contributed by atoms with Gasteiger partial charge in [-0.1, -0.05) is 48.0 Å². The Morgan fingerprint density at radius 2 is 1.90 bits per heavy atom. The molecule has 0 heterocycles. The van der Waals surface area contributed by atoms with Crippen LogP contribution in [-0.2, 0) is 0 Å². The van der Waals surface area contributed by atoms with Crippen molar-refractivity contribution in [3.05, 3.63) is 70.2 Å². The fourth-order valence-electron chi connectivity index (χ4n) is 3.01. The molecule has 2 aromatic rings. The maximum Gasteiger partial charge on any atom is 0.0409 e. The molecule has 0 saturated heterocycles. The molecule has 0 aromatic heterocycles. The Bertz CT molecular complexity index is 611. The maximum atomic E-state index is 6.21. The van der Waals surface area contributed by atoms with Crippen LogP contribution in [-0.4, -0.2) is 0 Å². The highest BCUT2D eigenvalue weighted by atomic mass is 35.5. The Hall–Kier alpha value is -1.35. The summed E-state index contributed by atoms with van der Waals surface area (Å²) < 4.78 is 0. The van der Waals surface area contributed by atoms with Gasteiger partial charge in [0.15, 0.2) is 0 Å². The molecule has 0 radical (unpaired) electrons. The predicted molar refractivity (Wildman–Crippen MR) is 83.7 cm³/mol. The van der Waals surface area contributed by atoms with Crippen molar-refractivity contribution in [2.75, 3.05) is 0 Å². The van der Waals surface area contributed by atoms with Gasteiger partial charge in [-0.2, -0.15) is 0 Å². The summed E-state index contributed by atoms with van der Waals surface area (Å²) in [6.45, 7) is 2.16. The summed E-state index contributed by atoms with van der Waals surface area (Å²) in [4.78, 5) is 0. The number of fused-ring (bicyclic) bond motifs is 1. The lowest BCUT2D eigenvalue weighted by atomic mass is 10.0. The fraction of sp³-hybridized carbons (Fsp3) is 0.294. The number of nitrogens with two attached hydrogens (primary N) is 1. The molecule has 0 bridgehead atoms. The molecular weight excluding hydrogens is 268 g/mol. The number of nitrogens with one attached hydrogen (secondary N) is 1. The molecule has 0 saturated carbocycles. The minimum absolute atomic E-state index is 0.135. The zero-order valence-corrected chi connectivity index (χ0v) is 12.3. The van der Waals surface area contributed by atoms with Crippen molar-refractivity contribution >= 4 is 11.6 Å². The van der Waals surface area contributed by atoms with Gasteiger partial charge >= 0.3 is 0 Å². The quantitative estimate of drug-likeness (QED) is 0.890. The van der Waals surface area contributed by atoms with Gasteiger partial charge in [0.1, 0.15) is 0 Å². The summed E-state index contributed by atoms with van der Waals surface area (Å²) >= 11 is 6.06. The van der Waals surface area contributed by atoms with E-state index >= 15 is 0 Å². The molecule has 2 aromatic carbocycles. The predicted octanol–water partition coefficient (Wildman–Crippen LogP) is 4.14. The van der Waals surface area contributed by atoms with Crippen molar-refractivity contribution in [3.8, 4) is 0 Å². The van der Waals surface area contributed by atoms with Gasteiger partial charge in [0.2, 0.25) is 0 Å². The lowest BCUT2D eigenvalue weighted by Gasteiger charge is -2.21. The second-order valence-electron chi connectivity index (χ2n) is 5.47. The molecule has 1 aliphatic carbocycles. The Morgan fingerprint density at radius 1 is 1.15 bits per heavy atom. The topological polar surface area (TPSA) is 38.0 Å². The molecule has 1 aliphatic rings. The molecule has 3 rings (SSSR count). The van der Waals surface area contributed by atoms with Crippen molar-refractivity contribution in [1.29, 1.82) is 0 Å². The number of rotatable bonds is 3. The van der Waals surface area contributed by atoms with Crippen molar-refractivity contribution < 1.29 is 0 Å². The molecule has 3 unspecified atom stereocenters. The average Bonchev–Trinajstić information content (AvgIpc) is 2.76. The van der Waals surface area contributed by atoms with Crippen molar-refractivity contribution in [3.63, 3.8) is 0 Å².